The van der Waals surface area contributed by atoms with Crippen LogP contribution in [0.15, 0.2) is 24.3 Å². The fraction of sp³-hybridized carbons (Fsp3) is 0.556. The van der Waals surface area contributed by atoms with E-state index in [1.165, 1.54) is 0 Å². The third-order valence-electron chi connectivity index (χ3n) is 4.25. The first-order valence-electron chi connectivity index (χ1n) is 8.74. The van der Waals surface area contributed by atoms with E-state index in [4.69, 9.17) is 22.1 Å². The lowest BCUT2D eigenvalue weighted by Crippen LogP contribution is -2.49. The maximum Gasteiger partial charge on any atom is 0.226 e. The van der Waals surface area contributed by atoms with Gasteiger partial charge in [0.1, 0.15) is 5.75 Å². The van der Waals surface area contributed by atoms with Crippen molar-refractivity contribution in [2.45, 2.75) is 38.1 Å². The summed E-state index contributed by atoms with van der Waals surface area (Å²) in [5, 5.41) is 3.52. The summed E-state index contributed by atoms with van der Waals surface area (Å²) in [6.45, 7) is 1.88. The van der Waals surface area contributed by atoms with Gasteiger partial charge in [0.15, 0.2) is 0 Å². The highest BCUT2D eigenvalue weighted by molar-refractivity contribution is 6.30. The molecule has 0 spiro atoms. The fourth-order valence-corrected chi connectivity index (χ4v) is 3.05. The molecule has 1 aliphatic heterocycles. The molecular weight excluding hydrogens is 342 g/mol. The SMILES string of the molecule is NCCC(=O)NCC1CCCCN1C(=O)CCOc1ccc(Cl)cc1. The number of hydrogen-bond acceptors (Lipinski definition) is 4. The van der Waals surface area contributed by atoms with Crippen LogP contribution in [0.25, 0.3) is 0 Å². The van der Waals surface area contributed by atoms with E-state index in [0.29, 0.717) is 43.3 Å². The highest BCUT2D eigenvalue weighted by atomic mass is 35.5. The van der Waals surface area contributed by atoms with Crippen LogP contribution in [0.4, 0.5) is 0 Å². The second-order valence-corrected chi connectivity index (χ2v) is 6.57. The number of ether oxygens (including phenoxy) is 1. The van der Waals surface area contributed by atoms with E-state index in [1.54, 1.807) is 24.3 Å². The number of carbonyl (C=O) groups is 2. The lowest BCUT2D eigenvalue weighted by Gasteiger charge is -2.36. The smallest absolute Gasteiger partial charge is 0.226 e. The zero-order chi connectivity index (χ0) is 18.1. The maximum absolute atomic E-state index is 12.5. The normalized spacial score (nSPS) is 17.2. The Morgan fingerprint density at radius 1 is 1.24 bits per heavy atom. The number of piperidine rings is 1. The zero-order valence-corrected chi connectivity index (χ0v) is 15.1. The van der Waals surface area contributed by atoms with Gasteiger partial charge >= 0.3 is 0 Å². The summed E-state index contributed by atoms with van der Waals surface area (Å²) in [6.07, 6.45) is 3.61. The van der Waals surface area contributed by atoms with Crippen LogP contribution in [0.2, 0.25) is 5.02 Å². The molecule has 0 radical (unpaired) electrons. The summed E-state index contributed by atoms with van der Waals surface area (Å²) in [5.41, 5.74) is 5.38. The molecule has 1 aromatic carbocycles. The minimum absolute atomic E-state index is 0.0542. The fourth-order valence-electron chi connectivity index (χ4n) is 2.92. The second kappa shape index (κ2) is 10.3. The Bertz CT molecular complexity index is 565. The Labute approximate surface area is 153 Å². The van der Waals surface area contributed by atoms with Crippen molar-refractivity contribution >= 4 is 23.4 Å². The van der Waals surface area contributed by atoms with Crippen molar-refractivity contribution in [1.29, 1.82) is 0 Å². The molecule has 0 aliphatic carbocycles. The monoisotopic (exact) mass is 367 g/mol. The van der Waals surface area contributed by atoms with Gasteiger partial charge in [-0.2, -0.15) is 0 Å². The van der Waals surface area contributed by atoms with Gasteiger partial charge in [0, 0.05) is 37.1 Å². The lowest BCUT2D eigenvalue weighted by atomic mass is 10.0. The minimum atomic E-state index is -0.0634. The van der Waals surface area contributed by atoms with Crippen molar-refractivity contribution in [1.82, 2.24) is 10.2 Å². The van der Waals surface area contributed by atoms with E-state index in [-0.39, 0.29) is 17.9 Å². The minimum Gasteiger partial charge on any atom is -0.493 e. The Morgan fingerprint density at radius 3 is 2.72 bits per heavy atom. The molecule has 1 atom stereocenters. The molecule has 1 aromatic rings. The molecule has 0 aromatic heterocycles. The number of likely N-dealkylation sites (tertiary alicyclic amines) is 1. The summed E-state index contributed by atoms with van der Waals surface area (Å²) < 4.78 is 5.60. The quantitative estimate of drug-likeness (QED) is 0.735. The molecule has 1 unspecified atom stereocenters. The van der Waals surface area contributed by atoms with Crippen molar-refractivity contribution in [3.63, 3.8) is 0 Å². The number of nitrogens with two attached hydrogens (primary N) is 1. The van der Waals surface area contributed by atoms with E-state index >= 15 is 0 Å². The van der Waals surface area contributed by atoms with Crippen LogP contribution < -0.4 is 15.8 Å². The van der Waals surface area contributed by atoms with Gasteiger partial charge in [-0.1, -0.05) is 11.6 Å². The predicted octanol–water partition coefficient (Wildman–Crippen LogP) is 1.96. The first-order valence-corrected chi connectivity index (χ1v) is 9.12. The molecule has 2 amide bonds. The Balaban J connectivity index is 1.78. The molecule has 1 heterocycles. The van der Waals surface area contributed by atoms with Crippen molar-refractivity contribution in [2.75, 3.05) is 26.2 Å². The molecule has 3 N–H and O–H groups in total. The summed E-state index contributed by atoms with van der Waals surface area (Å²) in [7, 11) is 0. The number of halogens is 1. The average Bonchev–Trinajstić information content (AvgIpc) is 2.62. The van der Waals surface area contributed by atoms with Crippen molar-refractivity contribution < 1.29 is 14.3 Å². The summed E-state index contributed by atoms with van der Waals surface area (Å²) in [6, 6.07) is 7.12. The van der Waals surface area contributed by atoms with Crippen LogP contribution in [0, 0.1) is 0 Å². The zero-order valence-electron chi connectivity index (χ0n) is 14.4. The number of rotatable bonds is 8. The number of hydrogen-bond donors (Lipinski definition) is 2. The van der Waals surface area contributed by atoms with Crippen LogP contribution in [0.5, 0.6) is 5.75 Å². The number of benzene rings is 1. The summed E-state index contributed by atoms with van der Waals surface area (Å²) >= 11 is 5.83. The molecule has 0 bridgehead atoms. The number of carbonyl (C=O) groups excluding carboxylic acids is 2. The summed E-state index contributed by atoms with van der Waals surface area (Å²) in [5.74, 6) is 0.694. The van der Waals surface area contributed by atoms with E-state index in [2.05, 4.69) is 5.32 Å². The largest absolute Gasteiger partial charge is 0.493 e. The van der Waals surface area contributed by atoms with E-state index in [0.717, 1.165) is 25.8 Å². The maximum atomic E-state index is 12.5. The third kappa shape index (κ3) is 6.55. The molecule has 25 heavy (non-hydrogen) atoms. The van der Waals surface area contributed by atoms with Crippen molar-refractivity contribution in [2.24, 2.45) is 5.73 Å². The molecule has 0 saturated carbocycles. The van der Waals surface area contributed by atoms with Gasteiger partial charge in [0.25, 0.3) is 0 Å². The van der Waals surface area contributed by atoms with Gasteiger partial charge in [-0.25, -0.2) is 0 Å². The molecule has 7 heteroatoms. The van der Waals surface area contributed by atoms with Gasteiger partial charge in [-0.05, 0) is 43.5 Å². The molecule has 1 aliphatic rings. The van der Waals surface area contributed by atoms with E-state index in [9.17, 15) is 9.59 Å². The third-order valence-corrected chi connectivity index (χ3v) is 4.50. The number of nitrogens with zero attached hydrogens (tertiary/aromatic N) is 1. The number of amides is 2. The summed E-state index contributed by atoms with van der Waals surface area (Å²) in [4.78, 5) is 26.0. The van der Waals surface area contributed by atoms with Crippen LogP contribution in [-0.2, 0) is 9.59 Å². The Kier molecular flexibility index (Phi) is 8.01. The Hall–Kier alpha value is -1.79. The van der Waals surface area contributed by atoms with Crippen molar-refractivity contribution in [3.05, 3.63) is 29.3 Å². The number of nitrogens with one attached hydrogen (secondary N) is 1. The highest BCUT2D eigenvalue weighted by Crippen LogP contribution is 2.19. The second-order valence-electron chi connectivity index (χ2n) is 6.13. The first-order chi connectivity index (χ1) is 12.1. The van der Waals surface area contributed by atoms with Crippen LogP contribution >= 0.6 is 11.6 Å². The molecule has 6 nitrogen and oxygen atoms in total. The van der Waals surface area contributed by atoms with Gasteiger partial charge in [-0.3, -0.25) is 9.59 Å². The predicted molar refractivity (Wildman–Crippen MR) is 97.6 cm³/mol. The molecule has 1 saturated heterocycles. The molecular formula is C18H26ClN3O3. The first kappa shape index (κ1) is 19.5. The van der Waals surface area contributed by atoms with Crippen molar-refractivity contribution in [3.8, 4) is 5.75 Å². The van der Waals surface area contributed by atoms with Crippen LogP contribution in [0.3, 0.4) is 0 Å². The topological polar surface area (TPSA) is 84.7 Å². The molecule has 138 valence electrons. The van der Waals surface area contributed by atoms with Gasteiger partial charge < -0.3 is 20.7 Å². The highest BCUT2D eigenvalue weighted by Gasteiger charge is 2.26. The van der Waals surface area contributed by atoms with E-state index < -0.39 is 0 Å². The standard InChI is InChI=1S/C18H26ClN3O3/c19-14-4-6-16(7-5-14)25-12-9-18(24)22-11-2-1-3-15(22)13-21-17(23)8-10-20/h4-7,15H,1-3,8-13,20H2,(H,21,23). The van der Waals surface area contributed by atoms with Gasteiger partial charge in [0.05, 0.1) is 13.0 Å². The lowest BCUT2D eigenvalue weighted by molar-refractivity contribution is -0.136. The van der Waals surface area contributed by atoms with Crippen LogP contribution in [-0.4, -0.2) is 49.0 Å². The van der Waals surface area contributed by atoms with Gasteiger partial charge in [-0.15, -0.1) is 0 Å². The molecule has 2 rings (SSSR count). The van der Waals surface area contributed by atoms with E-state index in [1.807, 2.05) is 4.90 Å². The Morgan fingerprint density at radius 2 is 2.00 bits per heavy atom. The average molecular weight is 368 g/mol. The van der Waals surface area contributed by atoms with Crippen LogP contribution in [0.1, 0.15) is 32.1 Å². The van der Waals surface area contributed by atoms with Gasteiger partial charge in [0.2, 0.25) is 11.8 Å². The molecule has 1 fully saturated rings.